The lowest BCUT2D eigenvalue weighted by atomic mass is 10.2. The minimum absolute atomic E-state index is 0.269. The Morgan fingerprint density at radius 3 is 2.83 bits per heavy atom. The lowest BCUT2D eigenvalue weighted by Gasteiger charge is -2.06. The van der Waals surface area contributed by atoms with E-state index in [-0.39, 0.29) is 6.09 Å². The minimum Gasteiger partial charge on any atom is -0.493 e. The summed E-state index contributed by atoms with van der Waals surface area (Å²) < 4.78 is 15.3. The third-order valence-corrected chi connectivity index (χ3v) is 3.37. The van der Waals surface area contributed by atoms with Gasteiger partial charge in [0.15, 0.2) is 11.5 Å². The van der Waals surface area contributed by atoms with E-state index in [1.54, 1.807) is 25.3 Å². The molecule has 0 spiro atoms. The SMILES string of the molecule is COc1ccc(C#CCCC/C=C/N2CCOC2=O)cc1OC. The van der Waals surface area contributed by atoms with Crippen LogP contribution in [0.1, 0.15) is 24.8 Å². The van der Waals surface area contributed by atoms with Crippen molar-refractivity contribution in [3.8, 4) is 23.3 Å². The first-order chi connectivity index (χ1) is 11.2. The standard InChI is InChI=1S/C18H21NO4/c1-21-16-10-9-15(14-17(16)22-2)8-6-4-3-5-7-11-19-12-13-23-18(19)20/h7,9-11,14H,3-5,12-13H2,1-2H3/b11-7+. The molecule has 1 aliphatic rings. The Kier molecular flexibility index (Phi) is 6.37. The molecule has 1 fully saturated rings. The monoisotopic (exact) mass is 315 g/mol. The molecule has 0 bridgehead atoms. The number of carbonyl (C=O) groups excluding carboxylic acids is 1. The summed E-state index contributed by atoms with van der Waals surface area (Å²) in [5.41, 5.74) is 0.901. The van der Waals surface area contributed by atoms with Gasteiger partial charge in [0.2, 0.25) is 0 Å². The van der Waals surface area contributed by atoms with Crippen LogP contribution < -0.4 is 9.47 Å². The predicted molar refractivity (Wildman–Crippen MR) is 87.5 cm³/mol. The van der Waals surface area contributed by atoms with Crippen LogP contribution in [-0.4, -0.2) is 38.4 Å². The molecule has 0 atom stereocenters. The molecule has 1 aromatic rings. The number of rotatable bonds is 6. The first-order valence-electron chi connectivity index (χ1n) is 7.55. The van der Waals surface area contributed by atoms with Crippen LogP contribution in [0.2, 0.25) is 0 Å². The molecule has 1 saturated heterocycles. The molecule has 2 rings (SSSR count). The van der Waals surface area contributed by atoms with Gasteiger partial charge in [-0.05, 0) is 31.0 Å². The minimum atomic E-state index is -0.269. The Hall–Kier alpha value is -2.61. The molecule has 0 N–H and O–H groups in total. The summed E-state index contributed by atoms with van der Waals surface area (Å²) in [6.45, 7) is 1.11. The molecule has 23 heavy (non-hydrogen) atoms. The summed E-state index contributed by atoms with van der Waals surface area (Å²) in [4.78, 5) is 12.8. The second-order valence-electron chi connectivity index (χ2n) is 4.96. The van der Waals surface area contributed by atoms with Crippen molar-refractivity contribution in [2.45, 2.75) is 19.3 Å². The predicted octanol–water partition coefficient (Wildman–Crippen LogP) is 3.19. The molecule has 0 radical (unpaired) electrons. The van der Waals surface area contributed by atoms with Gasteiger partial charge in [0, 0.05) is 18.2 Å². The van der Waals surface area contributed by atoms with Crippen LogP contribution in [-0.2, 0) is 4.74 Å². The van der Waals surface area contributed by atoms with Gasteiger partial charge in [0.25, 0.3) is 0 Å². The van der Waals surface area contributed by atoms with Crippen molar-refractivity contribution in [3.63, 3.8) is 0 Å². The number of benzene rings is 1. The molecule has 1 heterocycles. The zero-order chi connectivity index (χ0) is 16.5. The van der Waals surface area contributed by atoms with Crippen molar-refractivity contribution in [2.24, 2.45) is 0 Å². The summed E-state index contributed by atoms with van der Waals surface area (Å²) in [5, 5.41) is 0. The van der Waals surface area contributed by atoms with Crippen LogP contribution >= 0.6 is 0 Å². The number of unbranched alkanes of at least 4 members (excludes halogenated alkanes) is 2. The van der Waals surface area contributed by atoms with Crippen LogP contribution in [0.25, 0.3) is 0 Å². The van der Waals surface area contributed by atoms with Crippen molar-refractivity contribution in [1.29, 1.82) is 0 Å². The fourth-order valence-corrected chi connectivity index (χ4v) is 2.13. The molecule has 5 heteroatoms. The highest BCUT2D eigenvalue weighted by atomic mass is 16.6. The maximum absolute atomic E-state index is 11.2. The van der Waals surface area contributed by atoms with Gasteiger partial charge < -0.3 is 14.2 Å². The van der Waals surface area contributed by atoms with E-state index >= 15 is 0 Å². The Morgan fingerprint density at radius 1 is 1.30 bits per heavy atom. The Morgan fingerprint density at radius 2 is 2.13 bits per heavy atom. The molecule has 0 unspecified atom stereocenters. The molecule has 0 aromatic heterocycles. The Balaban J connectivity index is 1.75. The smallest absolute Gasteiger partial charge is 0.413 e. The number of hydrogen-bond acceptors (Lipinski definition) is 4. The number of cyclic esters (lactones) is 1. The maximum atomic E-state index is 11.2. The van der Waals surface area contributed by atoms with Crippen molar-refractivity contribution in [3.05, 3.63) is 36.0 Å². The van der Waals surface area contributed by atoms with E-state index in [0.717, 1.165) is 24.8 Å². The van der Waals surface area contributed by atoms with E-state index in [0.29, 0.717) is 24.7 Å². The van der Waals surface area contributed by atoms with Crippen molar-refractivity contribution < 1.29 is 19.0 Å². The first kappa shape index (κ1) is 16.8. The number of amides is 1. The highest BCUT2D eigenvalue weighted by Gasteiger charge is 2.18. The molecule has 5 nitrogen and oxygen atoms in total. The third kappa shape index (κ3) is 4.96. The summed E-state index contributed by atoms with van der Waals surface area (Å²) in [6.07, 6.45) is 6.11. The molecular formula is C18H21NO4. The van der Waals surface area contributed by atoms with Crippen LogP contribution in [0.4, 0.5) is 4.79 Å². The van der Waals surface area contributed by atoms with Crippen LogP contribution in [0.5, 0.6) is 11.5 Å². The van der Waals surface area contributed by atoms with Gasteiger partial charge in [0.1, 0.15) is 6.61 Å². The molecule has 1 aliphatic heterocycles. The van der Waals surface area contributed by atoms with Crippen molar-refractivity contribution in [2.75, 3.05) is 27.4 Å². The van der Waals surface area contributed by atoms with Gasteiger partial charge in [-0.3, -0.25) is 4.90 Å². The fraction of sp³-hybridized carbons (Fsp3) is 0.389. The van der Waals surface area contributed by atoms with Gasteiger partial charge in [-0.1, -0.05) is 17.9 Å². The molecule has 1 aromatic carbocycles. The van der Waals surface area contributed by atoms with Gasteiger partial charge in [0.05, 0.1) is 20.8 Å². The lowest BCUT2D eigenvalue weighted by Crippen LogP contribution is -2.16. The second-order valence-corrected chi connectivity index (χ2v) is 4.96. The lowest BCUT2D eigenvalue weighted by molar-refractivity contribution is 0.166. The average Bonchev–Trinajstić information content (AvgIpc) is 2.98. The van der Waals surface area contributed by atoms with E-state index in [2.05, 4.69) is 11.8 Å². The second kappa shape index (κ2) is 8.74. The Bertz CT molecular complexity index is 628. The zero-order valence-corrected chi connectivity index (χ0v) is 13.5. The zero-order valence-electron chi connectivity index (χ0n) is 13.5. The quantitative estimate of drug-likeness (QED) is 0.597. The van der Waals surface area contributed by atoms with Crippen LogP contribution in [0.3, 0.4) is 0 Å². The highest BCUT2D eigenvalue weighted by molar-refractivity contribution is 5.70. The molecule has 0 saturated carbocycles. The maximum Gasteiger partial charge on any atom is 0.413 e. The Labute approximate surface area is 136 Å². The molecule has 0 aliphatic carbocycles. The number of ether oxygens (including phenoxy) is 3. The van der Waals surface area contributed by atoms with E-state index < -0.39 is 0 Å². The van der Waals surface area contributed by atoms with E-state index in [1.165, 1.54) is 0 Å². The van der Waals surface area contributed by atoms with Gasteiger partial charge in [-0.2, -0.15) is 0 Å². The summed E-state index contributed by atoms with van der Waals surface area (Å²) >= 11 is 0. The van der Waals surface area contributed by atoms with Crippen molar-refractivity contribution in [1.82, 2.24) is 4.90 Å². The summed E-state index contributed by atoms with van der Waals surface area (Å²) in [6, 6.07) is 5.62. The van der Waals surface area contributed by atoms with Gasteiger partial charge in [-0.25, -0.2) is 4.79 Å². The third-order valence-electron chi connectivity index (χ3n) is 3.37. The highest BCUT2D eigenvalue weighted by Crippen LogP contribution is 2.27. The van der Waals surface area contributed by atoms with Crippen LogP contribution in [0, 0.1) is 11.8 Å². The average molecular weight is 315 g/mol. The molecular weight excluding hydrogens is 294 g/mol. The van der Waals surface area contributed by atoms with Gasteiger partial charge in [-0.15, -0.1) is 0 Å². The summed E-state index contributed by atoms with van der Waals surface area (Å²) in [5.74, 6) is 7.64. The van der Waals surface area contributed by atoms with Crippen molar-refractivity contribution >= 4 is 6.09 Å². The number of methoxy groups -OCH3 is 2. The van der Waals surface area contributed by atoms with E-state index in [4.69, 9.17) is 14.2 Å². The van der Waals surface area contributed by atoms with E-state index in [9.17, 15) is 4.79 Å². The largest absolute Gasteiger partial charge is 0.493 e. The number of carbonyl (C=O) groups is 1. The topological polar surface area (TPSA) is 48.0 Å². The summed E-state index contributed by atoms with van der Waals surface area (Å²) in [7, 11) is 3.22. The van der Waals surface area contributed by atoms with Gasteiger partial charge >= 0.3 is 6.09 Å². The van der Waals surface area contributed by atoms with E-state index in [1.807, 2.05) is 24.3 Å². The molecule has 1 amide bonds. The first-order valence-corrected chi connectivity index (χ1v) is 7.55. The number of nitrogens with zero attached hydrogens (tertiary/aromatic N) is 1. The fourth-order valence-electron chi connectivity index (χ4n) is 2.13. The van der Waals surface area contributed by atoms with Crippen LogP contribution in [0.15, 0.2) is 30.5 Å². The number of hydrogen-bond donors (Lipinski definition) is 0. The number of allylic oxidation sites excluding steroid dienone is 1. The molecule has 122 valence electrons. The normalized spacial score (nSPS) is 13.7.